The number of anilines is 1. The molecule has 1 N–H and O–H groups in total. The zero-order chi connectivity index (χ0) is 22.1. The van der Waals surface area contributed by atoms with Gasteiger partial charge in [-0.3, -0.25) is 13.9 Å². The van der Waals surface area contributed by atoms with Gasteiger partial charge in [-0.1, -0.05) is 42.0 Å². The maximum Gasteiger partial charge on any atom is 0.240 e. The van der Waals surface area contributed by atoms with Crippen molar-refractivity contribution in [2.75, 3.05) is 29.4 Å². The third kappa shape index (κ3) is 7.84. The Morgan fingerprint density at radius 3 is 2.50 bits per heavy atom. The molecule has 0 spiro atoms. The maximum absolute atomic E-state index is 12.3. The van der Waals surface area contributed by atoms with Crippen molar-refractivity contribution in [2.45, 2.75) is 26.0 Å². The smallest absolute Gasteiger partial charge is 0.240 e. The summed E-state index contributed by atoms with van der Waals surface area (Å²) in [6.07, 6.45) is 1.84. The SMILES string of the molecule is CC(=O)c1cccc(N(CC(=O)NCCCSCc2cccc(C)c2)S(C)(=O)=O)c1. The fraction of sp³-hybridized carbons (Fsp3) is 0.364. The molecule has 0 fully saturated rings. The van der Waals surface area contributed by atoms with Gasteiger partial charge >= 0.3 is 0 Å². The lowest BCUT2D eigenvalue weighted by molar-refractivity contribution is -0.119. The van der Waals surface area contributed by atoms with Crippen LogP contribution in [0.2, 0.25) is 0 Å². The highest BCUT2D eigenvalue weighted by molar-refractivity contribution is 7.98. The predicted molar refractivity (Wildman–Crippen MR) is 124 cm³/mol. The average Bonchev–Trinajstić information content (AvgIpc) is 2.68. The van der Waals surface area contributed by atoms with Crippen LogP contribution in [-0.4, -0.2) is 45.2 Å². The van der Waals surface area contributed by atoms with E-state index in [-0.39, 0.29) is 18.2 Å². The highest BCUT2D eigenvalue weighted by atomic mass is 32.2. The van der Waals surface area contributed by atoms with E-state index >= 15 is 0 Å². The summed E-state index contributed by atoms with van der Waals surface area (Å²) in [6, 6.07) is 14.7. The van der Waals surface area contributed by atoms with Gasteiger partial charge in [0, 0.05) is 17.9 Å². The number of benzene rings is 2. The van der Waals surface area contributed by atoms with Crippen molar-refractivity contribution in [3.63, 3.8) is 0 Å². The van der Waals surface area contributed by atoms with E-state index in [9.17, 15) is 18.0 Å². The summed E-state index contributed by atoms with van der Waals surface area (Å²) in [7, 11) is -3.67. The van der Waals surface area contributed by atoms with Crippen LogP contribution < -0.4 is 9.62 Å². The number of ketones is 1. The summed E-state index contributed by atoms with van der Waals surface area (Å²) in [5.41, 5.74) is 3.21. The molecule has 0 aliphatic rings. The van der Waals surface area contributed by atoms with Gasteiger partial charge in [0.05, 0.1) is 11.9 Å². The first-order chi connectivity index (χ1) is 14.2. The van der Waals surface area contributed by atoms with E-state index in [0.717, 1.165) is 28.5 Å². The Balaban J connectivity index is 1.82. The molecule has 1 amide bonds. The number of Topliss-reactive ketones (excluding diaryl/α,β-unsaturated/α-hetero) is 1. The zero-order valence-electron chi connectivity index (χ0n) is 17.6. The normalized spacial score (nSPS) is 11.2. The van der Waals surface area contributed by atoms with Gasteiger partial charge in [0.15, 0.2) is 5.78 Å². The van der Waals surface area contributed by atoms with E-state index in [2.05, 4.69) is 30.4 Å². The summed E-state index contributed by atoms with van der Waals surface area (Å²) in [5, 5.41) is 2.77. The molecule has 0 aliphatic heterocycles. The van der Waals surface area contributed by atoms with Crippen LogP contribution in [0.25, 0.3) is 0 Å². The lowest BCUT2D eigenvalue weighted by Gasteiger charge is -2.22. The van der Waals surface area contributed by atoms with Gasteiger partial charge in [0.2, 0.25) is 15.9 Å². The molecule has 2 aromatic carbocycles. The van der Waals surface area contributed by atoms with Gasteiger partial charge in [-0.15, -0.1) is 0 Å². The minimum atomic E-state index is -3.67. The van der Waals surface area contributed by atoms with E-state index in [4.69, 9.17) is 0 Å². The lowest BCUT2D eigenvalue weighted by atomic mass is 10.1. The number of carbonyl (C=O) groups is 2. The minimum absolute atomic E-state index is 0.169. The molecular formula is C22H28N2O4S2. The van der Waals surface area contributed by atoms with Crippen molar-refractivity contribution < 1.29 is 18.0 Å². The topological polar surface area (TPSA) is 83.6 Å². The fourth-order valence-electron chi connectivity index (χ4n) is 2.86. The molecule has 0 saturated carbocycles. The predicted octanol–water partition coefficient (Wildman–Crippen LogP) is 3.40. The molecule has 8 heteroatoms. The highest BCUT2D eigenvalue weighted by Crippen LogP contribution is 2.19. The van der Waals surface area contributed by atoms with Crippen molar-refractivity contribution >= 4 is 39.2 Å². The molecule has 162 valence electrons. The summed E-state index contributed by atoms with van der Waals surface area (Å²) in [4.78, 5) is 23.9. The number of thioether (sulfide) groups is 1. The molecule has 6 nitrogen and oxygen atoms in total. The monoisotopic (exact) mass is 448 g/mol. The number of nitrogens with one attached hydrogen (secondary N) is 1. The van der Waals surface area contributed by atoms with Crippen LogP contribution >= 0.6 is 11.8 Å². The van der Waals surface area contributed by atoms with Crippen LogP contribution in [0.4, 0.5) is 5.69 Å². The van der Waals surface area contributed by atoms with Crippen LogP contribution in [0.3, 0.4) is 0 Å². The molecule has 0 bridgehead atoms. The average molecular weight is 449 g/mol. The first-order valence-electron chi connectivity index (χ1n) is 9.65. The number of hydrogen-bond acceptors (Lipinski definition) is 5. The summed E-state index contributed by atoms with van der Waals surface area (Å²) >= 11 is 1.80. The second-order valence-electron chi connectivity index (χ2n) is 7.12. The number of aryl methyl sites for hydroxylation is 1. The van der Waals surface area contributed by atoms with Crippen LogP contribution in [0.15, 0.2) is 48.5 Å². The van der Waals surface area contributed by atoms with Gasteiger partial charge < -0.3 is 5.32 Å². The first-order valence-corrected chi connectivity index (χ1v) is 12.7. The summed E-state index contributed by atoms with van der Waals surface area (Å²) in [6.45, 7) is 3.63. The number of nitrogens with zero attached hydrogens (tertiary/aromatic N) is 1. The van der Waals surface area contributed by atoms with E-state index < -0.39 is 10.0 Å². The van der Waals surface area contributed by atoms with Gasteiger partial charge in [-0.05, 0) is 43.7 Å². The Bertz CT molecular complexity index is 990. The standard InChI is InChI=1S/C22H28N2O4S2/c1-17-7-4-8-19(13-17)16-29-12-6-11-23-22(26)15-24(30(3,27)28)21-10-5-9-20(14-21)18(2)25/h4-5,7-10,13-14H,6,11-12,15-16H2,1-3H3,(H,23,26). The van der Waals surface area contributed by atoms with Crippen LogP contribution in [0, 0.1) is 6.92 Å². The number of hydrogen-bond donors (Lipinski definition) is 1. The highest BCUT2D eigenvalue weighted by Gasteiger charge is 2.21. The Morgan fingerprint density at radius 2 is 1.83 bits per heavy atom. The summed E-state index contributed by atoms with van der Waals surface area (Å²) < 4.78 is 25.4. The van der Waals surface area contributed by atoms with Crippen molar-refractivity contribution in [2.24, 2.45) is 0 Å². The van der Waals surface area contributed by atoms with Gasteiger partial charge in [-0.25, -0.2) is 8.42 Å². The number of carbonyl (C=O) groups excluding carboxylic acids is 2. The molecule has 0 atom stereocenters. The van der Waals surface area contributed by atoms with E-state index in [1.54, 1.807) is 30.0 Å². The second-order valence-corrected chi connectivity index (χ2v) is 10.1. The van der Waals surface area contributed by atoms with E-state index in [1.807, 2.05) is 6.07 Å². The van der Waals surface area contributed by atoms with E-state index in [0.29, 0.717) is 17.8 Å². The lowest BCUT2D eigenvalue weighted by Crippen LogP contribution is -2.40. The fourth-order valence-corrected chi connectivity index (χ4v) is 4.62. The van der Waals surface area contributed by atoms with Gasteiger partial charge in [0.1, 0.15) is 6.54 Å². The number of rotatable bonds is 11. The quantitative estimate of drug-likeness (QED) is 0.421. The molecule has 0 aromatic heterocycles. The molecular weight excluding hydrogens is 420 g/mol. The zero-order valence-corrected chi connectivity index (χ0v) is 19.2. The molecule has 0 aliphatic carbocycles. The second kappa shape index (κ2) is 11.2. The van der Waals surface area contributed by atoms with Crippen molar-refractivity contribution in [1.29, 1.82) is 0 Å². The molecule has 0 unspecified atom stereocenters. The molecule has 2 rings (SSSR count). The Morgan fingerprint density at radius 1 is 1.10 bits per heavy atom. The van der Waals surface area contributed by atoms with Gasteiger partial charge in [-0.2, -0.15) is 11.8 Å². The van der Waals surface area contributed by atoms with Crippen molar-refractivity contribution in [1.82, 2.24) is 5.32 Å². The summed E-state index contributed by atoms with van der Waals surface area (Å²) in [5.74, 6) is 1.27. The van der Waals surface area contributed by atoms with Crippen molar-refractivity contribution in [3.8, 4) is 0 Å². The largest absolute Gasteiger partial charge is 0.354 e. The molecule has 0 radical (unpaired) electrons. The third-order valence-electron chi connectivity index (χ3n) is 4.37. The maximum atomic E-state index is 12.3. The molecule has 0 saturated heterocycles. The van der Waals surface area contributed by atoms with E-state index in [1.165, 1.54) is 24.1 Å². The first kappa shape index (κ1) is 24.0. The molecule has 0 heterocycles. The molecule has 30 heavy (non-hydrogen) atoms. The number of amides is 1. The minimum Gasteiger partial charge on any atom is -0.354 e. The van der Waals surface area contributed by atoms with Crippen LogP contribution in [0.5, 0.6) is 0 Å². The van der Waals surface area contributed by atoms with Crippen LogP contribution in [-0.2, 0) is 20.6 Å². The number of sulfonamides is 1. The Kier molecular flexibility index (Phi) is 8.92. The van der Waals surface area contributed by atoms with Crippen LogP contribution in [0.1, 0.15) is 34.8 Å². The van der Waals surface area contributed by atoms with Crippen molar-refractivity contribution in [3.05, 3.63) is 65.2 Å². The van der Waals surface area contributed by atoms with Gasteiger partial charge in [0.25, 0.3) is 0 Å². The Hall–Kier alpha value is -2.32. The third-order valence-corrected chi connectivity index (χ3v) is 6.62. The Labute approximate surface area is 183 Å². The molecule has 2 aromatic rings.